The smallest absolute Gasteiger partial charge is 0.342 e. The van der Waals surface area contributed by atoms with Crippen molar-refractivity contribution >= 4 is 11.9 Å². The van der Waals surface area contributed by atoms with E-state index < -0.39 is 48.2 Å². The van der Waals surface area contributed by atoms with E-state index >= 15 is 0 Å². The minimum Gasteiger partial charge on any atom is -0.438 e. The van der Waals surface area contributed by atoms with Gasteiger partial charge in [-0.2, -0.15) is 0 Å². The van der Waals surface area contributed by atoms with E-state index in [-0.39, 0.29) is 0 Å². The Bertz CT molecular complexity index is 809. The number of aliphatic hydroxyl groups excluding tert-OH is 1. The number of hydrogen-bond donors (Lipinski definition) is 1. The fraction of sp³-hybridized carbons (Fsp3) is 0.357. The fourth-order valence-electron chi connectivity index (χ4n) is 1.90. The second kappa shape index (κ2) is 8.06. The van der Waals surface area contributed by atoms with Crippen molar-refractivity contribution in [1.29, 1.82) is 0 Å². The van der Waals surface area contributed by atoms with Gasteiger partial charge in [-0.1, -0.05) is 13.2 Å². The van der Waals surface area contributed by atoms with E-state index in [1.54, 1.807) is 0 Å². The highest BCUT2D eigenvalue weighted by Crippen LogP contribution is 2.05. The third-order valence-corrected chi connectivity index (χ3v) is 3.06. The molecule has 1 rings (SSSR count). The van der Waals surface area contributed by atoms with Gasteiger partial charge in [0.1, 0.15) is 6.73 Å². The maximum absolute atomic E-state index is 12.5. The lowest BCUT2D eigenvalue weighted by molar-refractivity contribution is -0.147. The zero-order valence-corrected chi connectivity index (χ0v) is 13.6. The average Bonchev–Trinajstić information content (AvgIpc) is 2.54. The van der Waals surface area contributed by atoms with E-state index in [9.17, 15) is 29.1 Å². The summed E-state index contributed by atoms with van der Waals surface area (Å²) in [5.74, 6) is -1.84. The van der Waals surface area contributed by atoms with Crippen LogP contribution in [-0.4, -0.2) is 30.7 Å². The Hall–Kier alpha value is -3.21. The van der Waals surface area contributed by atoms with Crippen molar-refractivity contribution in [2.75, 3.05) is 0 Å². The Morgan fingerprint density at radius 1 is 0.960 bits per heavy atom. The predicted molar refractivity (Wildman–Crippen MR) is 83.4 cm³/mol. The number of hydrogen-bond acceptors (Lipinski definition) is 8. The molecule has 25 heavy (non-hydrogen) atoms. The van der Waals surface area contributed by atoms with Gasteiger partial charge in [0.15, 0.2) is 12.5 Å². The van der Waals surface area contributed by atoms with Gasteiger partial charge in [0, 0.05) is 12.2 Å². The molecule has 11 heteroatoms. The largest absolute Gasteiger partial charge is 0.438 e. The Kier molecular flexibility index (Phi) is 6.39. The highest BCUT2D eigenvalue weighted by atomic mass is 16.6. The lowest BCUT2D eigenvalue weighted by Crippen LogP contribution is -2.56. The summed E-state index contributed by atoms with van der Waals surface area (Å²) >= 11 is 0. The molecule has 0 aliphatic heterocycles. The molecule has 11 nitrogen and oxygen atoms in total. The maximum Gasteiger partial charge on any atom is 0.342 e. The number of aliphatic hydroxyl groups is 1. The molecule has 0 amide bonds. The molecule has 0 aromatic carbocycles. The molecule has 0 aliphatic rings. The van der Waals surface area contributed by atoms with Gasteiger partial charge in [-0.05, 0) is 13.8 Å². The van der Waals surface area contributed by atoms with Crippen LogP contribution in [0.1, 0.15) is 26.3 Å². The van der Waals surface area contributed by atoms with Crippen molar-refractivity contribution in [3.63, 3.8) is 0 Å². The monoisotopic (exact) mass is 355 g/mol. The molecule has 0 saturated carbocycles. The zero-order chi connectivity index (χ0) is 19.3. The van der Waals surface area contributed by atoms with Crippen molar-refractivity contribution in [3.05, 3.63) is 56.8 Å². The summed E-state index contributed by atoms with van der Waals surface area (Å²) in [4.78, 5) is 59.5. The topological polar surface area (TPSA) is 139 Å². The highest BCUT2D eigenvalue weighted by Gasteiger charge is 2.24. The molecular weight excluding hydrogens is 338 g/mol. The van der Waals surface area contributed by atoms with E-state index in [0.717, 1.165) is 12.2 Å². The van der Waals surface area contributed by atoms with Crippen molar-refractivity contribution in [1.82, 2.24) is 13.7 Å². The molecule has 136 valence electrons. The maximum atomic E-state index is 12.5. The fourth-order valence-corrected chi connectivity index (χ4v) is 1.90. The van der Waals surface area contributed by atoms with Crippen LogP contribution in [0, 0.1) is 0 Å². The van der Waals surface area contributed by atoms with Crippen LogP contribution in [0.25, 0.3) is 0 Å². The molecule has 1 heterocycles. The Morgan fingerprint density at radius 3 is 1.60 bits per heavy atom. The zero-order valence-electron chi connectivity index (χ0n) is 13.6. The number of carbonyl (C=O) groups excluding carboxylic acids is 2. The van der Waals surface area contributed by atoms with Gasteiger partial charge in [-0.15, -0.1) is 0 Å². The van der Waals surface area contributed by atoms with Crippen LogP contribution in [0.3, 0.4) is 0 Å². The van der Waals surface area contributed by atoms with Gasteiger partial charge in [0.25, 0.3) is 0 Å². The molecule has 0 fully saturated rings. The van der Waals surface area contributed by atoms with E-state index in [1.165, 1.54) is 13.8 Å². The highest BCUT2D eigenvalue weighted by molar-refractivity contribution is 5.81. The van der Waals surface area contributed by atoms with Gasteiger partial charge >= 0.3 is 29.0 Å². The van der Waals surface area contributed by atoms with Crippen molar-refractivity contribution < 1.29 is 24.2 Å². The molecule has 2 unspecified atom stereocenters. The lowest BCUT2D eigenvalue weighted by atomic mass is 10.5. The summed E-state index contributed by atoms with van der Waals surface area (Å²) in [5, 5.41) is 9.25. The number of carbonyl (C=O) groups is 2. The number of nitrogens with zero attached hydrogens (tertiary/aromatic N) is 3. The van der Waals surface area contributed by atoms with Crippen molar-refractivity contribution in [2.45, 2.75) is 33.0 Å². The molecule has 0 saturated heterocycles. The molecule has 0 bridgehead atoms. The molecule has 2 atom stereocenters. The number of ether oxygens (including phenoxy) is 2. The summed E-state index contributed by atoms with van der Waals surface area (Å²) in [5.41, 5.74) is -3.62. The summed E-state index contributed by atoms with van der Waals surface area (Å²) in [6.07, 6.45) is -1.21. The van der Waals surface area contributed by atoms with Crippen LogP contribution in [0.2, 0.25) is 0 Å². The van der Waals surface area contributed by atoms with Crippen LogP contribution in [0.15, 0.2) is 39.7 Å². The van der Waals surface area contributed by atoms with Gasteiger partial charge in [0.2, 0.25) is 0 Å². The van der Waals surface area contributed by atoms with Crippen LogP contribution in [-0.2, 0) is 25.8 Å². The Balaban J connectivity index is 3.64. The molecule has 1 aromatic heterocycles. The first-order chi connectivity index (χ1) is 11.7. The van der Waals surface area contributed by atoms with Gasteiger partial charge in [-0.3, -0.25) is 0 Å². The summed E-state index contributed by atoms with van der Waals surface area (Å²) in [6.45, 7) is 7.70. The molecule has 0 aliphatic carbocycles. The quantitative estimate of drug-likeness (QED) is 0.466. The molecular formula is C14H17N3O8. The molecule has 1 aromatic rings. The summed E-state index contributed by atoms with van der Waals surface area (Å²) in [6, 6.07) is 0. The standard InChI is InChI=1S/C14H17N3O8/c1-5-10(19)24-8(3)16-12(21)15(7-18)13(22)17(14(16)23)9(4)25-11(20)6-2/h5-6,8-9,18H,1-2,7H2,3-4H3. The van der Waals surface area contributed by atoms with Crippen molar-refractivity contribution in [3.8, 4) is 0 Å². The van der Waals surface area contributed by atoms with E-state index in [2.05, 4.69) is 13.2 Å². The van der Waals surface area contributed by atoms with Crippen LogP contribution < -0.4 is 17.1 Å². The third kappa shape index (κ3) is 4.01. The van der Waals surface area contributed by atoms with Crippen molar-refractivity contribution in [2.24, 2.45) is 0 Å². The number of aromatic nitrogens is 3. The Morgan fingerprint density at radius 2 is 1.32 bits per heavy atom. The minimum atomic E-state index is -1.42. The predicted octanol–water partition coefficient (Wildman–Crippen LogP) is -1.38. The van der Waals surface area contributed by atoms with Crippen LogP contribution in [0.5, 0.6) is 0 Å². The third-order valence-electron chi connectivity index (χ3n) is 3.06. The normalized spacial score (nSPS) is 12.8. The second-order valence-corrected chi connectivity index (χ2v) is 4.64. The van der Waals surface area contributed by atoms with Crippen LogP contribution >= 0.6 is 0 Å². The van der Waals surface area contributed by atoms with Gasteiger partial charge < -0.3 is 14.6 Å². The van der Waals surface area contributed by atoms with E-state index in [0.29, 0.717) is 13.7 Å². The Labute approximate surface area is 140 Å². The average molecular weight is 355 g/mol. The van der Waals surface area contributed by atoms with E-state index in [1.807, 2.05) is 0 Å². The summed E-state index contributed by atoms with van der Waals surface area (Å²) < 4.78 is 10.7. The number of esters is 2. The lowest BCUT2D eigenvalue weighted by Gasteiger charge is -2.20. The van der Waals surface area contributed by atoms with Gasteiger partial charge in [-0.25, -0.2) is 37.7 Å². The molecule has 0 spiro atoms. The minimum absolute atomic E-state index is 0.303. The number of rotatable bonds is 7. The first-order valence-corrected chi connectivity index (χ1v) is 6.94. The van der Waals surface area contributed by atoms with E-state index in [4.69, 9.17) is 9.47 Å². The first-order valence-electron chi connectivity index (χ1n) is 6.94. The first kappa shape index (κ1) is 19.8. The van der Waals surface area contributed by atoms with Gasteiger partial charge in [0.05, 0.1) is 0 Å². The second-order valence-electron chi connectivity index (χ2n) is 4.64. The molecule has 1 N–H and O–H groups in total. The SMILES string of the molecule is C=CC(=O)OC(C)n1c(=O)n(CO)c(=O)n(C(C)OC(=O)C=C)c1=O. The van der Waals surface area contributed by atoms with Crippen LogP contribution in [0.4, 0.5) is 0 Å². The summed E-state index contributed by atoms with van der Waals surface area (Å²) in [7, 11) is 0. The molecule has 0 radical (unpaired) electrons.